The van der Waals surface area contributed by atoms with Crippen molar-refractivity contribution in [2.75, 3.05) is 26.7 Å². The molecule has 1 amide bonds. The van der Waals surface area contributed by atoms with E-state index in [0.29, 0.717) is 13.0 Å². The minimum Gasteiger partial charge on any atom is -0.496 e. The van der Waals surface area contributed by atoms with E-state index in [1.54, 1.807) is 7.11 Å². The van der Waals surface area contributed by atoms with Crippen molar-refractivity contribution in [2.45, 2.75) is 52.4 Å². The zero-order valence-electron chi connectivity index (χ0n) is 15.1. The minimum absolute atomic E-state index is 0.000150. The van der Waals surface area contributed by atoms with Crippen LogP contribution in [0.2, 0.25) is 0 Å². The number of benzene rings is 1. The van der Waals surface area contributed by atoms with E-state index in [1.165, 1.54) is 5.56 Å². The van der Waals surface area contributed by atoms with Gasteiger partial charge in [0.15, 0.2) is 0 Å². The molecule has 1 aromatic carbocycles. The van der Waals surface area contributed by atoms with E-state index in [-0.39, 0.29) is 11.8 Å². The van der Waals surface area contributed by atoms with Crippen molar-refractivity contribution in [3.05, 3.63) is 29.3 Å². The van der Waals surface area contributed by atoms with E-state index >= 15 is 0 Å². The topological polar surface area (TPSA) is 55.6 Å². The van der Waals surface area contributed by atoms with Crippen molar-refractivity contribution in [1.82, 2.24) is 4.90 Å². The van der Waals surface area contributed by atoms with Gasteiger partial charge in [-0.05, 0) is 43.0 Å². The summed E-state index contributed by atoms with van der Waals surface area (Å²) < 4.78 is 5.48. The predicted octanol–water partition coefficient (Wildman–Crippen LogP) is 3.34. The molecule has 0 radical (unpaired) electrons. The first-order chi connectivity index (χ1) is 11.1. The summed E-state index contributed by atoms with van der Waals surface area (Å²) in [5, 5.41) is 0. The average Bonchev–Trinajstić information content (AvgIpc) is 2.58. The maximum absolute atomic E-state index is 12.6. The van der Waals surface area contributed by atoms with Crippen LogP contribution in [-0.4, -0.2) is 37.6 Å². The van der Waals surface area contributed by atoms with Gasteiger partial charge in [-0.2, -0.15) is 0 Å². The molecular formula is C19H32N2O2. The zero-order valence-corrected chi connectivity index (χ0v) is 15.1. The lowest BCUT2D eigenvalue weighted by Crippen LogP contribution is -2.34. The molecule has 1 rings (SSSR count). The van der Waals surface area contributed by atoms with Gasteiger partial charge in [0.05, 0.1) is 7.11 Å². The summed E-state index contributed by atoms with van der Waals surface area (Å²) in [6.45, 7) is 8.40. The molecule has 0 aromatic heterocycles. The molecule has 1 aromatic rings. The Hall–Kier alpha value is -1.55. The van der Waals surface area contributed by atoms with Gasteiger partial charge in [0.2, 0.25) is 5.91 Å². The highest BCUT2D eigenvalue weighted by molar-refractivity contribution is 5.77. The first kappa shape index (κ1) is 19.5. The molecule has 0 heterocycles. The van der Waals surface area contributed by atoms with Gasteiger partial charge in [0, 0.05) is 25.4 Å². The van der Waals surface area contributed by atoms with Gasteiger partial charge < -0.3 is 15.4 Å². The summed E-state index contributed by atoms with van der Waals surface area (Å²) in [7, 11) is 1.67. The molecule has 4 nitrogen and oxygen atoms in total. The molecule has 4 heteroatoms. The summed E-state index contributed by atoms with van der Waals surface area (Å²) in [5.74, 6) is 1.01. The molecule has 2 N–H and O–H groups in total. The highest BCUT2D eigenvalue weighted by Gasteiger charge is 2.21. The summed E-state index contributed by atoms with van der Waals surface area (Å²) >= 11 is 0. The van der Waals surface area contributed by atoms with Crippen LogP contribution in [0.5, 0.6) is 5.75 Å². The third kappa shape index (κ3) is 5.54. The van der Waals surface area contributed by atoms with Crippen molar-refractivity contribution in [1.29, 1.82) is 0 Å². The fourth-order valence-corrected chi connectivity index (χ4v) is 2.88. The van der Waals surface area contributed by atoms with Gasteiger partial charge in [-0.15, -0.1) is 0 Å². The van der Waals surface area contributed by atoms with E-state index in [4.69, 9.17) is 10.5 Å². The summed E-state index contributed by atoms with van der Waals surface area (Å²) in [6, 6.07) is 6.18. The van der Waals surface area contributed by atoms with Gasteiger partial charge in [-0.1, -0.05) is 32.9 Å². The molecule has 0 aliphatic heterocycles. The third-order valence-corrected chi connectivity index (χ3v) is 4.19. The number of methoxy groups -OCH3 is 1. The molecule has 0 fully saturated rings. The van der Waals surface area contributed by atoms with Gasteiger partial charge >= 0.3 is 0 Å². The Balaban J connectivity index is 2.97. The normalized spacial score (nSPS) is 12.0. The van der Waals surface area contributed by atoms with E-state index in [0.717, 1.165) is 43.7 Å². The van der Waals surface area contributed by atoms with Crippen LogP contribution in [0.1, 0.15) is 57.1 Å². The number of amides is 1. The number of carbonyl (C=O) groups excluding carboxylic acids is 1. The second kappa shape index (κ2) is 10.3. The van der Waals surface area contributed by atoms with Crippen LogP contribution in [0.15, 0.2) is 18.2 Å². The van der Waals surface area contributed by atoms with Crippen molar-refractivity contribution in [3.8, 4) is 5.75 Å². The monoisotopic (exact) mass is 320 g/mol. The number of hydrogen-bond donors (Lipinski definition) is 1. The van der Waals surface area contributed by atoms with Crippen LogP contribution < -0.4 is 10.5 Å². The molecule has 0 bridgehead atoms. The second-order valence-electron chi connectivity index (χ2n) is 5.95. The SMILES string of the molecule is CCCN(CCC)C(=O)CC(CN)c1cc(CC)ccc1OC. The molecular weight excluding hydrogens is 288 g/mol. The quantitative estimate of drug-likeness (QED) is 0.719. The molecule has 1 unspecified atom stereocenters. The molecule has 0 aliphatic rings. The maximum atomic E-state index is 12.6. The Morgan fingerprint density at radius 3 is 2.35 bits per heavy atom. The van der Waals surface area contributed by atoms with Crippen molar-refractivity contribution < 1.29 is 9.53 Å². The molecule has 0 saturated heterocycles. The number of ether oxygens (including phenoxy) is 1. The molecule has 1 atom stereocenters. The number of rotatable bonds is 10. The number of carbonyl (C=O) groups is 1. The Bertz CT molecular complexity index is 482. The second-order valence-corrected chi connectivity index (χ2v) is 5.95. The Morgan fingerprint density at radius 2 is 1.87 bits per heavy atom. The van der Waals surface area contributed by atoms with Crippen LogP contribution in [0.3, 0.4) is 0 Å². The molecule has 130 valence electrons. The largest absolute Gasteiger partial charge is 0.496 e. The summed E-state index contributed by atoms with van der Waals surface area (Å²) in [6.07, 6.45) is 3.36. The standard InChI is InChI=1S/C19H32N2O2/c1-5-10-21(11-6-2)19(22)13-16(14-20)17-12-15(7-3)8-9-18(17)23-4/h8-9,12,16H,5-7,10-11,13-14,20H2,1-4H3. The molecule has 23 heavy (non-hydrogen) atoms. The van der Waals surface area contributed by atoms with Gasteiger partial charge in [-0.25, -0.2) is 0 Å². The van der Waals surface area contributed by atoms with Crippen molar-refractivity contribution in [2.24, 2.45) is 5.73 Å². The Kier molecular flexibility index (Phi) is 8.70. The van der Waals surface area contributed by atoms with Crippen LogP contribution in [0, 0.1) is 0 Å². The van der Waals surface area contributed by atoms with Crippen molar-refractivity contribution >= 4 is 5.91 Å². The predicted molar refractivity (Wildman–Crippen MR) is 95.9 cm³/mol. The first-order valence-corrected chi connectivity index (χ1v) is 8.75. The summed E-state index contributed by atoms with van der Waals surface area (Å²) in [5.41, 5.74) is 8.28. The fourth-order valence-electron chi connectivity index (χ4n) is 2.88. The fraction of sp³-hybridized carbons (Fsp3) is 0.632. The number of hydrogen-bond acceptors (Lipinski definition) is 3. The lowest BCUT2D eigenvalue weighted by molar-refractivity contribution is -0.131. The minimum atomic E-state index is 0.000150. The Labute approximate surface area is 141 Å². The van der Waals surface area contributed by atoms with Crippen LogP contribution in [0.25, 0.3) is 0 Å². The average molecular weight is 320 g/mol. The van der Waals surface area contributed by atoms with Gasteiger partial charge in [-0.3, -0.25) is 4.79 Å². The van der Waals surface area contributed by atoms with Gasteiger partial charge in [0.1, 0.15) is 5.75 Å². The summed E-state index contributed by atoms with van der Waals surface area (Å²) in [4.78, 5) is 14.6. The van der Waals surface area contributed by atoms with Crippen LogP contribution >= 0.6 is 0 Å². The van der Waals surface area contributed by atoms with E-state index in [9.17, 15) is 4.79 Å². The van der Waals surface area contributed by atoms with Gasteiger partial charge in [0.25, 0.3) is 0 Å². The smallest absolute Gasteiger partial charge is 0.223 e. The van der Waals surface area contributed by atoms with Crippen molar-refractivity contribution in [3.63, 3.8) is 0 Å². The Morgan fingerprint density at radius 1 is 1.22 bits per heavy atom. The highest BCUT2D eigenvalue weighted by Crippen LogP contribution is 2.30. The molecule has 0 aliphatic carbocycles. The lowest BCUT2D eigenvalue weighted by Gasteiger charge is -2.25. The van der Waals surface area contributed by atoms with E-state index < -0.39 is 0 Å². The van der Waals surface area contributed by atoms with E-state index in [1.807, 2.05) is 11.0 Å². The maximum Gasteiger partial charge on any atom is 0.223 e. The number of nitrogens with zero attached hydrogens (tertiary/aromatic N) is 1. The van der Waals surface area contributed by atoms with Crippen LogP contribution in [-0.2, 0) is 11.2 Å². The third-order valence-electron chi connectivity index (χ3n) is 4.19. The number of nitrogens with two attached hydrogens (primary N) is 1. The highest BCUT2D eigenvalue weighted by atomic mass is 16.5. The molecule has 0 spiro atoms. The molecule has 0 saturated carbocycles. The van der Waals surface area contributed by atoms with Crippen LogP contribution in [0.4, 0.5) is 0 Å². The first-order valence-electron chi connectivity index (χ1n) is 8.75. The number of aryl methyl sites for hydroxylation is 1. The van der Waals surface area contributed by atoms with E-state index in [2.05, 4.69) is 32.9 Å². The lowest BCUT2D eigenvalue weighted by atomic mass is 9.92. The zero-order chi connectivity index (χ0) is 17.2.